The van der Waals surface area contributed by atoms with Gasteiger partial charge in [0.1, 0.15) is 0 Å². The predicted molar refractivity (Wildman–Crippen MR) is 54.7 cm³/mol. The fraction of sp³-hybridized carbons (Fsp3) is 0.364. The van der Waals surface area contributed by atoms with E-state index in [-0.39, 0.29) is 12.5 Å². The number of carboxylic acids is 1. The second-order valence-corrected chi connectivity index (χ2v) is 3.79. The van der Waals surface area contributed by atoms with Gasteiger partial charge in [0.05, 0.1) is 5.92 Å². The van der Waals surface area contributed by atoms with Gasteiger partial charge in [-0.3, -0.25) is 4.79 Å². The van der Waals surface area contributed by atoms with Gasteiger partial charge in [0, 0.05) is 0 Å². The Labute approximate surface area is 92.2 Å². The molecule has 2 N–H and O–H groups in total. The van der Waals surface area contributed by atoms with Crippen molar-refractivity contribution in [1.29, 1.82) is 0 Å². The Balaban J connectivity index is 2.23. The van der Waals surface area contributed by atoms with Crippen LogP contribution in [0.5, 0.6) is 17.2 Å². The van der Waals surface area contributed by atoms with Gasteiger partial charge in [-0.05, 0) is 24.1 Å². The van der Waals surface area contributed by atoms with Crippen molar-refractivity contribution in [2.45, 2.75) is 13.3 Å². The van der Waals surface area contributed by atoms with Gasteiger partial charge >= 0.3 is 5.97 Å². The highest BCUT2D eigenvalue weighted by molar-refractivity contribution is 5.70. The minimum Gasteiger partial charge on any atom is -0.504 e. The van der Waals surface area contributed by atoms with Crippen molar-refractivity contribution in [2.24, 2.45) is 5.92 Å². The van der Waals surface area contributed by atoms with Crippen molar-refractivity contribution < 1.29 is 24.5 Å². The van der Waals surface area contributed by atoms with Crippen molar-refractivity contribution >= 4 is 5.97 Å². The molecule has 2 rings (SSSR count). The summed E-state index contributed by atoms with van der Waals surface area (Å²) < 4.78 is 10.2. The summed E-state index contributed by atoms with van der Waals surface area (Å²) in [6.07, 6.45) is 0.347. The highest BCUT2D eigenvalue weighted by Gasteiger charge is 2.20. The zero-order valence-electron chi connectivity index (χ0n) is 8.77. The molecule has 1 aromatic carbocycles. The van der Waals surface area contributed by atoms with E-state index in [0.717, 1.165) is 5.56 Å². The number of carboxylic acid groups (broad SMARTS) is 1. The number of phenols is 1. The molecule has 1 aromatic rings. The van der Waals surface area contributed by atoms with Crippen LogP contribution in [-0.2, 0) is 11.2 Å². The summed E-state index contributed by atoms with van der Waals surface area (Å²) in [4.78, 5) is 10.7. The van der Waals surface area contributed by atoms with E-state index >= 15 is 0 Å². The zero-order valence-corrected chi connectivity index (χ0v) is 8.77. The van der Waals surface area contributed by atoms with Gasteiger partial charge in [-0.1, -0.05) is 6.92 Å². The monoisotopic (exact) mass is 224 g/mol. The van der Waals surface area contributed by atoms with Crippen LogP contribution in [0, 0.1) is 5.92 Å². The lowest BCUT2D eigenvalue weighted by molar-refractivity contribution is -0.141. The van der Waals surface area contributed by atoms with Crippen molar-refractivity contribution in [3.8, 4) is 17.2 Å². The van der Waals surface area contributed by atoms with Crippen LogP contribution in [0.25, 0.3) is 0 Å². The molecule has 0 radical (unpaired) electrons. The molecule has 5 nitrogen and oxygen atoms in total. The number of ether oxygens (including phenoxy) is 2. The number of rotatable bonds is 3. The van der Waals surface area contributed by atoms with E-state index < -0.39 is 11.9 Å². The number of fused-ring (bicyclic) bond motifs is 1. The number of aliphatic carboxylic acids is 1. The minimum absolute atomic E-state index is 0.0115. The molecule has 5 heteroatoms. The third-order valence-corrected chi connectivity index (χ3v) is 2.48. The number of hydrogen-bond acceptors (Lipinski definition) is 4. The quantitative estimate of drug-likeness (QED) is 0.811. The minimum atomic E-state index is -0.864. The van der Waals surface area contributed by atoms with Gasteiger partial charge in [-0.2, -0.15) is 0 Å². The van der Waals surface area contributed by atoms with Crippen LogP contribution in [0.1, 0.15) is 12.5 Å². The molecule has 1 aliphatic heterocycles. The summed E-state index contributed by atoms with van der Waals surface area (Å²) in [5.74, 6) is -0.584. The topological polar surface area (TPSA) is 76.0 Å². The molecule has 86 valence electrons. The first-order chi connectivity index (χ1) is 7.58. The third-order valence-electron chi connectivity index (χ3n) is 2.48. The number of phenolic OH excluding ortho intramolecular Hbond substituents is 1. The van der Waals surface area contributed by atoms with Crippen molar-refractivity contribution in [2.75, 3.05) is 6.79 Å². The maximum absolute atomic E-state index is 10.7. The lowest BCUT2D eigenvalue weighted by Gasteiger charge is -2.08. The lowest BCUT2D eigenvalue weighted by Crippen LogP contribution is -2.12. The van der Waals surface area contributed by atoms with Crippen molar-refractivity contribution in [3.63, 3.8) is 0 Å². The molecule has 0 bridgehead atoms. The molecule has 1 atom stereocenters. The summed E-state index contributed by atoms with van der Waals surface area (Å²) in [5.41, 5.74) is 0.719. The molecule has 0 aromatic heterocycles. The molecule has 0 saturated heterocycles. The van der Waals surface area contributed by atoms with Crippen LogP contribution in [-0.4, -0.2) is 23.0 Å². The Morgan fingerprint density at radius 3 is 2.94 bits per heavy atom. The van der Waals surface area contributed by atoms with Gasteiger partial charge in [0.2, 0.25) is 12.5 Å². The smallest absolute Gasteiger partial charge is 0.306 e. The van der Waals surface area contributed by atoms with Gasteiger partial charge < -0.3 is 19.7 Å². The van der Waals surface area contributed by atoms with Crippen LogP contribution in [0.4, 0.5) is 0 Å². The first kappa shape index (κ1) is 10.6. The molecular formula is C11H12O5. The summed E-state index contributed by atoms with van der Waals surface area (Å²) in [6.45, 7) is 1.70. The Kier molecular flexibility index (Phi) is 2.60. The molecule has 0 amide bonds. The van der Waals surface area contributed by atoms with Crippen LogP contribution in [0.2, 0.25) is 0 Å². The molecule has 1 heterocycles. The first-order valence-electron chi connectivity index (χ1n) is 4.92. The molecule has 1 aliphatic rings. The summed E-state index contributed by atoms with van der Waals surface area (Å²) in [5, 5.41) is 18.4. The van der Waals surface area contributed by atoms with Crippen LogP contribution >= 0.6 is 0 Å². The fourth-order valence-electron chi connectivity index (χ4n) is 1.61. The first-order valence-corrected chi connectivity index (χ1v) is 4.92. The normalized spacial score (nSPS) is 14.8. The molecule has 0 spiro atoms. The van der Waals surface area contributed by atoms with Gasteiger partial charge in [0.25, 0.3) is 0 Å². The van der Waals surface area contributed by atoms with Gasteiger partial charge in [-0.15, -0.1) is 0 Å². The standard InChI is InChI=1S/C11H12O5/c1-6(11(13)14)2-7-3-8(12)10-9(4-7)15-5-16-10/h3-4,6,12H,2,5H2,1H3,(H,13,14). The number of aromatic hydroxyl groups is 1. The molecule has 0 saturated carbocycles. The van der Waals surface area contributed by atoms with E-state index in [1.54, 1.807) is 13.0 Å². The molecule has 16 heavy (non-hydrogen) atoms. The second-order valence-electron chi connectivity index (χ2n) is 3.79. The average molecular weight is 224 g/mol. The number of hydrogen-bond donors (Lipinski definition) is 2. The Morgan fingerprint density at radius 2 is 2.25 bits per heavy atom. The number of carbonyl (C=O) groups is 1. The van der Waals surface area contributed by atoms with Crippen molar-refractivity contribution in [1.82, 2.24) is 0 Å². The van der Waals surface area contributed by atoms with E-state index in [4.69, 9.17) is 14.6 Å². The van der Waals surface area contributed by atoms with Crippen LogP contribution < -0.4 is 9.47 Å². The van der Waals surface area contributed by atoms with E-state index in [2.05, 4.69) is 0 Å². The third kappa shape index (κ3) is 1.88. The summed E-state index contributed by atoms with van der Waals surface area (Å²) in [7, 11) is 0. The van der Waals surface area contributed by atoms with Crippen LogP contribution in [0.3, 0.4) is 0 Å². The SMILES string of the molecule is CC(Cc1cc(O)c2c(c1)OCO2)C(=O)O. The second kappa shape index (κ2) is 3.92. The Morgan fingerprint density at radius 1 is 1.50 bits per heavy atom. The van der Waals surface area contributed by atoms with E-state index in [1.807, 2.05) is 0 Å². The van der Waals surface area contributed by atoms with E-state index in [0.29, 0.717) is 17.9 Å². The largest absolute Gasteiger partial charge is 0.504 e. The maximum Gasteiger partial charge on any atom is 0.306 e. The number of benzene rings is 1. The van der Waals surface area contributed by atoms with Crippen LogP contribution in [0.15, 0.2) is 12.1 Å². The van der Waals surface area contributed by atoms with E-state index in [9.17, 15) is 9.90 Å². The molecule has 0 fully saturated rings. The lowest BCUT2D eigenvalue weighted by atomic mass is 10.0. The molecule has 1 unspecified atom stereocenters. The van der Waals surface area contributed by atoms with Gasteiger partial charge in [0.15, 0.2) is 11.5 Å². The van der Waals surface area contributed by atoms with E-state index in [1.165, 1.54) is 6.07 Å². The highest BCUT2D eigenvalue weighted by atomic mass is 16.7. The average Bonchev–Trinajstić information content (AvgIpc) is 2.65. The Hall–Kier alpha value is -1.91. The molecule has 0 aliphatic carbocycles. The molecular weight excluding hydrogens is 212 g/mol. The Bertz CT molecular complexity index is 427. The van der Waals surface area contributed by atoms with Crippen molar-refractivity contribution in [3.05, 3.63) is 17.7 Å². The maximum atomic E-state index is 10.7. The highest BCUT2D eigenvalue weighted by Crippen LogP contribution is 2.41. The predicted octanol–water partition coefficient (Wildman–Crippen LogP) is 1.38. The summed E-state index contributed by atoms with van der Waals surface area (Å²) in [6, 6.07) is 3.20. The zero-order chi connectivity index (χ0) is 11.7. The summed E-state index contributed by atoms with van der Waals surface area (Å²) >= 11 is 0. The van der Waals surface area contributed by atoms with Gasteiger partial charge in [-0.25, -0.2) is 0 Å². The fourth-order valence-corrected chi connectivity index (χ4v) is 1.61.